The Balaban J connectivity index is 2.41. The van der Waals surface area contributed by atoms with E-state index in [1.807, 2.05) is 12.1 Å². The van der Waals surface area contributed by atoms with Crippen molar-refractivity contribution < 1.29 is 14.0 Å². The van der Waals surface area contributed by atoms with Crippen molar-refractivity contribution in [1.29, 1.82) is 0 Å². The van der Waals surface area contributed by atoms with Crippen LogP contribution in [0, 0.1) is 0 Å². The Hall–Kier alpha value is -1.77. The van der Waals surface area contributed by atoms with Crippen LogP contribution >= 0.6 is 7.60 Å². The smallest absolute Gasteiger partial charge is 0.410 e. The summed E-state index contributed by atoms with van der Waals surface area (Å²) in [6.45, 7) is 0. The molecule has 86 valence electrons. The van der Waals surface area contributed by atoms with E-state index in [0.717, 1.165) is 5.56 Å². The molecule has 2 aromatic rings. The maximum Gasteiger partial charge on any atom is 0.410 e. The molecule has 17 heavy (non-hydrogen) atoms. The van der Waals surface area contributed by atoms with Crippen LogP contribution < -0.4 is 15.6 Å². The van der Waals surface area contributed by atoms with Crippen LogP contribution in [0.1, 0.15) is 0 Å². The number of hydrogen-bond donors (Lipinski definition) is 2. The van der Waals surface area contributed by atoms with Crippen LogP contribution in [0.4, 0.5) is 5.69 Å². The Morgan fingerprint density at radius 3 is 2.59 bits per heavy atom. The number of para-hydroxylation sites is 1. The molecule has 0 spiro atoms. The number of benzene rings is 2. The maximum absolute atomic E-state index is 12.1. The van der Waals surface area contributed by atoms with Crippen LogP contribution in [0.3, 0.4) is 0 Å². The Morgan fingerprint density at radius 1 is 1.06 bits per heavy atom. The molecule has 2 aromatic carbocycles. The molecule has 3 rings (SSSR count). The zero-order valence-corrected chi connectivity index (χ0v) is 9.72. The van der Waals surface area contributed by atoms with Gasteiger partial charge in [-0.05, 0) is 12.1 Å². The van der Waals surface area contributed by atoms with E-state index >= 15 is 0 Å². The Morgan fingerprint density at radius 2 is 1.76 bits per heavy atom. The average Bonchev–Trinajstić information content (AvgIpc) is 2.28. The fraction of sp³-hybridized carbons (Fsp3) is 0. The summed E-state index contributed by atoms with van der Waals surface area (Å²) in [6.07, 6.45) is 0. The fourth-order valence-corrected chi connectivity index (χ4v) is 3.46. The second kappa shape index (κ2) is 3.36. The third-order valence-electron chi connectivity index (χ3n) is 2.75. The number of nitrogen functional groups attached to an aromatic ring is 1. The van der Waals surface area contributed by atoms with Crippen LogP contribution in [-0.4, -0.2) is 4.89 Å². The molecule has 1 aliphatic heterocycles. The quantitative estimate of drug-likeness (QED) is 0.552. The summed E-state index contributed by atoms with van der Waals surface area (Å²) < 4.78 is 17.3. The summed E-state index contributed by atoms with van der Waals surface area (Å²) in [5.41, 5.74) is 7.49. The van der Waals surface area contributed by atoms with Crippen LogP contribution in [-0.2, 0) is 4.57 Å². The highest BCUT2D eigenvalue weighted by molar-refractivity contribution is 7.62. The normalized spacial score (nSPS) is 21.2. The lowest BCUT2D eigenvalue weighted by molar-refractivity contribution is 0.392. The lowest BCUT2D eigenvalue weighted by Gasteiger charge is -2.25. The first-order valence-corrected chi connectivity index (χ1v) is 6.68. The van der Waals surface area contributed by atoms with Crippen molar-refractivity contribution in [2.24, 2.45) is 0 Å². The molecule has 0 bridgehead atoms. The van der Waals surface area contributed by atoms with Gasteiger partial charge in [0.05, 0.1) is 0 Å². The van der Waals surface area contributed by atoms with E-state index in [1.165, 1.54) is 0 Å². The predicted molar refractivity (Wildman–Crippen MR) is 66.4 cm³/mol. The lowest BCUT2D eigenvalue weighted by atomic mass is 10.0. The summed E-state index contributed by atoms with van der Waals surface area (Å²) in [6, 6.07) is 12.3. The first-order chi connectivity index (χ1) is 8.09. The standard InChI is InChI=1S/C12H10NO3P/c13-10-6-3-5-9-8-4-1-2-7-11(8)16-17(14,15)12(9)10/h1-7H,13H2,(H,14,15). The van der Waals surface area contributed by atoms with E-state index < -0.39 is 7.60 Å². The first kappa shape index (κ1) is 10.4. The molecule has 1 heterocycles. The summed E-state index contributed by atoms with van der Waals surface area (Å²) >= 11 is 0. The monoisotopic (exact) mass is 247 g/mol. The topological polar surface area (TPSA) is 72.6 Å². The largest absolute Gasteiger partial charge is 0.421 e. The van der Waals surface area contributed by atoms with Gasteiger partial charge >= 0.3 is 7.60 Å². The maximum atomic E-state index is 12.1. The van der Waals surface area contributed by atoms with Crippen LogP contribution in [0.15, 0.2) is 42.5 Å². The van der Waals surface area contributed by atoms with E-state index in [-0.39, 0.29) is 11.0 Å². The van der Waals surface area contributed by atoms with Crippen LogP contribution in [0.25, 0.3) is 11.1 Å². The summed E-state index contributed by atoms with van der Waals surface area (Å²) in [4.78, 5) is 9.91. The molecular weight excluding hydrogens is 237 g/mol. The first-order valence-electron chi connectivity index (χ1n) is 5.10. The third-order valence-corrected chi connectivity index (χ3v) is 4.26. The van der Waals surface area contributed by atoms with Crippen molar-refractivity contribution in [3.8, 4) is 16.9 Å². The highest BCUT2D eigenvalue weighted by Crippen LogP contribution is 2.52. The van der Waals surface area contributed by atoms with Crippen molar-refractivity contribution in [3.05, 3.63) is 42.5 Å². The number of anilines is 1. The molecule has 0 aliphatic carbocycles. The SMILES string of the molecule is Nc1cccc2c1P(=O)(O)Oc1ccccc1-2. The van der Waals surface area contributed by atoms with Gasteiger partial charge in [0, 0.05) is 16.8 Å². The predicted octanol–water partition coefficient (Wildman–Crippen LogP) is 2.14. The molecule has 5 heteroatoms. The minimum atomic E-state index is -3.87. The molecule has 0 radical (unpaired) electrons. The molecule has 0 saturated heterocycles. The van der Waals surface area contributed by atoms with Gasteiger partial charge in [0.2, 0.25) is 0 Å². The van der Waals surface area contributed by atoms with Crippen molar-refractivity contribution in [2.75, 3.05) is 5.73 Å². The number of hydrogen-bond acceptors (Lipinski definition) is 3. The molecular formula is C12H10NO3P. The van der Waals surface area contributed by atoms with Gasteiger partial charge in [0.15, 0.2) is 0 Å². The molecule has 0 aromatic heterocycles. The zero-order valence-electron chi connectivity index (χ0n) is 8.83. The zero-order chi connectivity index (χ0) is 12.0. The summed E-state index contributed by atoms with van der Waals surface area (Å²) in [5.74, 6) is 0.413. The molecule has 0 fully saturated rings. The second-order valence-electron chi connectivity index (χ2n) is 3.85. The molecule has 1 aliphatic rings. The van der Waals surface area contributed by atoms with Gasteiger partial charge in [-0.2, -0.15) is 0 Å². The highest BCUT2D eigenvalue weighted by Gasteiger charge is 2.36. The number of rotatable bonds is 0. The Bertz CT molecular complexity index is 654. The minimum absolute atomic E-state index is 0.193. The van der Waals surface area contributed by atoms with E-state index in [9.17, 15) is 9.46 Å². The number of fused-ring (bicyclic) bond motifs is 3. The molecule has 1 atom stereocenters. The molecule has 3 N–H and O–H groups in total. The van der Waals surface area contributed by atoms with Crippen molar-refractivity contribution >= 4 is 18.6 Å². The van der Waals surface area contributed by atoms with Gasteiger partial charge in [-0.15, -0.1) is 0 Å². The molecule has 0 saturated carbocycles. The average molecular weight is 247 g/mol. The van der Waals surface area contributed by atoms with Crippen LogP contribution in [0.2, 0.25) is 0 Å². The van der Waals surface area contributed by atoms with E-state index in [1.54, 1.807) is 30.3 Å². The van der Waals surface area contributed by atoms with E-state index in [4.69, 9.17) is 10.3 Å². The molecule has 0 amide bonds. The molecule has 1 unspecified atom stereocenters. The van der Waals surface area contributed by atoms with Crippen molar-refractivity contribution in [3.63, 3.8) is 0 Å². The van der Waals surface area contributed by atoms with Gasteiger partial charge in [0.25, 0.3) is 0 Å². The minimum Gasteiger partial charge on any atom is -0.421 e. The summed E-state index contributed by atoms with van der Waals surface area (Å²) in [7, 11) is -3.87. The van der Waals surface area contributed by atoms with E-state index in [2.05, 4.69) is 0 Å². The van der Waals surface area contributed by atoms with Crippen molar-refractivity contribution in [2.45, 2.75) is 0 Å². The van der Waals surface area contributed by atoms with Gasteiger partial charge < -0.3 is 15.2 Å². The Labute approximate surface area is 98.2 Å². The van der Waals surface area contributed by atoms with Crippen molar-refractivity contribution in [1.82, 2.24) is 0 Å². The Kier molecular flexibility index (Phi) is 2.05. The fourth-order valence-electron chi connectivity index (χ4n) is 2.04. The third kappa shape index (κ3) is 1.46. The van der Waals surface area contributed by atoms with Gasteiger partial charge in [-0.3, -0.25) is 0 Å². The molecule has 4 nitrogen and oxygen atoms in total. The van der Waals surface area contributed by atoms with Gasteiger partial charge in [-0.1, -0.05) is 30.3 Å². The van der Waals surface area contributed by atoms with Crippen LogP contribution in [0.5, 0.6) is 5.75 Å². The van der Waals surface area contributed by atoms with E-state index in [0.29, 0.717) is 11.3 Å². The number of nitrogens with two attached hydrogens (primary N) is 1. The highest BCUT2D eigenvalue weighted by atomic mass is 31.2. The second-order valence-corrected chi connectivity index (χ2v) is 5.52. The van der Waals surface area contributed by atoms with Gasteiger partial charge in [-0.25, -0.2) is 4.57 Å². The lowest BCUT2D eigenvalue weighted by Crippen LogP contribution is -2.20. The summed E-state index contributed by atoms with van der Waals surface area (Å²) in [5, 5.41) is 0.193. The van der Waals surface area contributed by atoms with Gasteiger partial charge in [0.1, 0.15) is 11.1 Å².